The fourth-order valence-electron chi connectivity index (χ4n) is 0.321. The van der Waals surface area contributed by atoms with Gasteiger partial charge in [-0.3, -0.25) is 14.9 Å². The summed E-state index contributed by atoms with van der Waals surface area (Å²) < 4.78 is 0. The van der Waals surface area contributed by atoms with Gasteiger partial charge in [-0.25, -0.2) is 4.79 Å². The van der Waals surface area contributed by atoms with Crippen molar-refractivity contribution in [3.8, 4) is 0 Å². The molecule has 0 aromatic rings. The fraction of sp³-hybridized carbons (Fsp3) is 0. The molecule has 0 rings (SSSR count). The Hall–Kier alpha value is -1.85. The molecule has 0 aliphatic carbocycles. The molecule has 6 nitrogen and oxygen atoms in total. The van der Waals surface area contributed by atoms with Crippen LogP contribution in [0.15, 0.2) is 12.2 Å². The smallest absolute Gasteiger partial charge is 0.319 e. The van der Waals surface area contributed by atoms with Crippen LogP contribution in [0.3, 0.4) is 0 Å². The summed E-state index contributed by atoms with van der Waals surface area (Å²) in [6.07, 6.45) is 1.63. The van der Waals surface area contributed by atoms with Gasteiger partial charge >= 0.3 is 6.03 Å². The normalized spacial score (nSPS) is 9.45. The summed E-state index contributed by atoms with van der Waals surface area (Å²) in [6.45, 7) is 0. The van der Waals surface area contributed by atoms with Crippen molar-refractivity contribution < 1.29 is 14.4 Å². The minimum absolute atomic E-state index is 0.773. The molecule has 60 valence electrons. The summed E-state index contributed by atoms with van der Waals surface area (Å²) in [4.78, 5) is 30.5. The molecule has 0 aliphatic rings. The Labute approximate surface area is 62.2 Å². The average Bonchev–Trinajstić information content (AvgIpc) is 1.82. The third-order valence-corrected chi connectivity index (χ3v) is 0.645. The zero-order valence-electron chi connectivity index (χ0n) is 5.53. The molecule has 11 heavy (non-hydrogen) atoms. The molecule has 0 unspecified atom stereocenters. The van der Waals surface area contributed by atoms with Gasteiger partial charge in [0.2, 0.25) is 5.91 Å². The molecule has 0 spiro atoms. The SMILES string of the molecule is NC(=O)/C=C\C(=O)NC(N)=O. The molecule has 0 bridgehead atoms. The zero-order valence-corrected chi connectivity index (χ0v) is 5.53. The van der Waals surface area contributed by atoms with Crippen molar-refractivity contribution in [3.05, 3.63) is 12.2 Å². The summed E-state index contributed by atoms with van der Waals surface area (Å²) >= 11 is 0. The van der Waals surface area contributed by atoms with E-state index < -0.39 is 17.8 Å². The van der Waals surface area contributed by atoms with Crippen LogP contribution >= 0.6 is 0 Å². The van der Waals surface area contributed by atoms with E-state index in [1.165, 1.54) is 0 Å². The molecule has 0 aromatic carbocycles. The van der Waals surface area contributed by atoms with Gasteiger partial charge in [-0.05, 0) is 0 Å². The Balaban J connectivity index is 3.88. The first kappa shape index (κ1) is 9.15. The number of primary amides is 2. The maximum absolute atomic E-state index is 10.5. The van der Waals surface area contributed by atoms with E-state index in [0.29, 0.717) is 0 Å². The van der Waals surface area contributed by atoms with Crippen molar-refractivity contribution in [1.29, 1.82) is 0 Å². The summed E-state index contributed by atoms with van der Waals surface area (Å²) in [6, 6.07) is -0.982. The molecule has 0 heterocycles. The van der Waals surface area contributed by atoms with Gasteiger partial charge in [-0.15, -0.1) is 0 Å². The molecule has 0 radical (unpaired) electrons. The van der Waals surface area contributed by atoms with Crippen molar-refractivity contribution in [2.45, 2.75) is 0 Å². The van der Waals surface area contributed by atoms with Gasteiger partial charge < -0.3 is 11.5 Å². The second-order valence-electron chi connectivity index (χ2n) is 1.59. The number of imide groups is 1. The highest BCUT2D eigenvalue weighted by molar-refractivity contribution is 6.02. The summed E-state index contributed by atoms with van der Waals surface area (Å²) in [5, 5.41) is 1.70. The quantitative estimate of drug-likeness (QED) is 0.411. The second-order valence-corrected chi connectivity index (χ2v) is 1.59. The van der Waals surface area contributed by atoms with E-state index in [1.807, 2.05) is 0 Å². The first-order valence-corrected chi connectivity index (χ1v) is 2.60. The third-order valence-electron chi connectivity index (χ3n) is 0.645. The van der Waals surface area contributed by atoms with Crippen LogP contribution in [0, 0.1) is 0 Å². The molecule has 0 saturated carbocycles. The first-order chi connectivity index (χ1) is 5.02. The molecular formula is C5H7N3O3. The van der Waals surface area contributed by atoms with E-state index in [-0.39, 0.29) is 0 Å². The van der Waals surface area contributed by atoms with Gasteiger partial charge in [-0.2, -0.15) is 0 Å². The molecule has 0 aromatic heterocycles. The van der Waals surface area contributed by atoms with Crippen molar-refractivity contribution in [3.63, 3.8) is 0 Å². The van der Waals surface area contributed by atoms with E-state index in [1.54, 1.807) is 5.32 Å². The Morgan fingerprint density at radius 2 is 1.64 bits per heavy atom. The molecule has 5 N–H and O–H groups in total. The van der Waals surface area contributed by atoms with Gasteiger partial charge in [0.05, 0.1) is 0 Å². The Kier molecular flexibility index (Phi) is 3.36. The molecule has 0 atom stereocenters. The Morgan fingerprint density at radius 1 is 1.09 bits per heavy atom. The van der Waals surface area contributed by atoms with Crippen LogP contribution in [0.5, 0.6) is 0 Å². The van der Waals surface area contributed by atoms with Gasteiger partial charge in [0.1, 0.15) is 0 Å². The van der Waals surface area contributed by atoms with E-state index in [4.69, 9.17) is 0 Å². The lowest BCUT2D eigenvalue weighted by Gasteiger charge is -1.91. The first-order valence-electron chi connectivity index (χ1n) is 2.60. The summed E-state index contributed by atoms with van der Waals surface area (Å²) in [5.74, 6) is -1.55. The number of nitrogens with one attached hydrogen (secondary N) is 1. The van der Waals surface area contributed by atoms with E-state index in [9.17, 15) is 14.4 Å². The van der Waals surface area contributed by atoms with Crippen molar-refractivity contribution >= 4 is 17.8 Å². The van der Waals surface area contributed by atoms with Crippen LogP contribution in [-0.4, -0.2) is 17.8 Å². The number of rotatable bonds is 2. The summed E-state index contributed by atoms with van der Waals surface area (Å²) in [5.41, 5.74) is 9.23. The molecule has 4 amide bonds. The molecule has 0 saturated heterocycles. The topological polar surface area (TPSA) is 115 Å². The molecule has 6 heteroatoms. The van der Waals surface area contributed by atoms with Crippen LogP contribution in [0.1, 0.15) is 0 Å². The lowest BCUT2D eigenvalue weighted by Crippen LogP contribution is -2.33. The average molecular weight is 157 g/mol. The zero-order chi connectivity index (χ0) is 8.85. The lowest BCUT2D eigenvalue weighted by atomic mass is 10.4. The van der Waals surface area contributed by atoms with Crippen molar-refractivity contribution in [2.24, 2.45) is 11.5 Å². The van der Waals surface area contributed by atoms with Gasteiger partial charge in [0, 0.05) is 12.2 Å². The molecule has 0 aliphatic heterocycles. The number of hydrogen-bond donors (Lipinski definition) is 3. The number of urea groups is 1. The van der Waals surface area contributed by atoms with E-state index in [0.717, 1.165) is 12.2 Å². The minimum atomic E-state index is -0.982. The Morgan fingerprint density at radius 3 is 2.00 bits per heavy atom. The number of amides is 4. The number of carbonyl (C=O) groups excluding carboxylic acids is 3. The highest BCUT2D eigenvalue weighted by Gasteiger charge is 1.97. The van der Waals surface area contributed by atoms with Gasteiger partial charge in [-0.1, -0.05) is 0 Å². The predicted octanol–water partition coefficient (Wildman–Crippen LogP) is -1.78. The lowest BCUT2D eigenvalue weighted by molar-refractivity contribution is -0.116. The van der Waals surface area contributed by atoms with E-state index >= 15 is 0 Å². The van der Waals surface area contributed by atoms with Crippen molar-refractivity contribution in [1.82, 2.24) is 5.32 Å². The Bertz CT molecular complexity index is 221. The highest BCUT2D eigenvalue weighted by atomic mass is 16.2. The largest absolute Gasteiger partial charge is 0.366 e. The second kappa shape index (κ2) is 4.04. The fourth-order valence-corrected chi connectivity index (χ4v) is 0.321. The van der Waals surface area contributed by atoms with E-state index in [2.05, 4.69) is 11.5 Å². The standard InChI is InChI=1S/C5H7N3O3/c6-3(9)1-2-4(10)8-5(7)11/h1-2H,(H2,6,9)(H3,7,8,10,11)/b2-1-. The number of nitrogens with two attached hydrogens (primary N) is 2. The maximum atomic E-state index is 10.5. The van der Waals surface area contributed by atoms with Crippen LogP contribution in [0.4, 0.5) is 4.79 Å². The maximum Gasteiger partial charge on any atom is 0.319 e. The number of hydrogen-bond acceptors (Lipinski definition) is 3. The van der Waals surface area contributed by atoms with Gasteiger partial charge in [0.25, 0.3) is 5.91 Å². The van der Waals surface area contributed by atoms with Crippen LogP contribution in [0.25, 0.3) is 0 Å². The summed E-state index contributed by atoms with van der Waals surface area (Å²) in [7, 11) is 0. The van der Waals surface area contributed by atoms with Crippen LogP contribution in [-0.2, 0) is 9.59 Å². The third kappa shape index (κ3) is 6.03. The van der Waals surface area contributed by atoms with Crippen molar-refractivity contribution in [2.75, 3.05) is 0 Å². The van der Waals surface area contributed by atoms with Crippen LogP contribution < -0.4 is 16.8 Å². The van der Waals surface area contributed by atoms with Crippen LogP contribution in [0.2, 0.25) is 0 Å². The highest BCUT2D eigenvalue weighted by Crippen LogP contribution is 1.71. The van der Waals surface area contributed by atoms with Gasteiger partial charge in [0.15, 0.2) is 0 Å². The predicted molar refractivity (Wildman–Crippen MR) is 36.1 cm³/mol. The molecule has 0 fully saturated rings. The molecular weight excluding hydrogens is 150 g/mol. The number of carbonyl (C=O) groups is 3. The minimum Gasteiger partial charge on any atom is -0.366 e. The monoisotopic (exact) mass is 157 g/mol.